The predicted molar refractivity (Wildman–Crippen MR) is 119 cm³/mol. The number of anilines is 2. The zero-order valence-corrected chi connectivity index (χ0v) is 17.2. The summed E-state index contributed by atoms with van der Waals surface area (Å²) in [6, 6.07) is 7.24. The van der Waals surface area contributed by atoms with Crippen molar-refractivity contribution in [3.05, 3.63) is 60.7 Å². The van der Waals surface area contributed by atoms with Crippen LogP contribution in [0.15, 0.2) is 49.2 Å². The van der Waals surface area contributed by atoms with E-state index >= 15 is 0 Å². The number of fused-ring (bicyclic) bond motifs is 1. The van der Waals surface area contributed by atoms with Crippen LogP contribution >= 0.6 is 0 Å². The minimum Gasteiger partial charge on any atom is -0.364 e. The van der Waals surface area contributed by atoms with Crippen LogP contribution in [0.1, 0.15) is 5.69 Å². The summed E-state index contributed by atoms with van der Waals surface area (Å²) in [4.78, 5) is 22.4. The minimum absolute atomic E-state index is 0.178. The smallest absolute Gasteiger partial charge is 0.149 e. The van der Waals surface area contributed by atoms with Crippen molar-refractivity contribution in [3.8, 4) is 11.1 Å². The van der Waals surface area contributed by atoms with E-state index in [9.17, 15) is 8.78 Å². The molecule has 4 aromatic heterocycles. The van der Waals surface area contributed by atoms with Gasteiger partial charge in [0, 0.05) is 43.2 Å². The van der Waals surface area contributed by atoms with Gasteiger partial charge in [0.2, 0.25) is 0 Å². The normalized spacial score (nSPS) is 16.4. The summed E-state index contributed by atoms with van der Waals surface area (Å²) in [6.07, 6.45) is 5.90. The molecule has 164 valence electrons. The fourth-order valence-corrected chi connectivity index (χ4v) is 3.96. The SMILES string of the molecule is FC[C@@H]1CN(c2cccc(CNc3ncnc4[nH]cc(-c5ccncc5F)c34)n2)CCN1. The molecule has 3 N–H and O–H groups in total. The Hall–Kier alpha value is -3.66. The molecule has 0 unspecified atom stereocenters. The number of pyridine rings is 2. The third-order valence-corrected chi connectivity index (χ3v) is 5.53. The Kier molecular flexibility index (Phi) is 5.59. The lowest BCUT2D eigenvalue weighted by Gasteiger charge is -2.33. The average Bonchev–Trinajstić information content (AvgIpc) is 3.28. The molecule has 0 aliphatic carbocycles. The highest BCUT2D eigenvalue weighted by molar-refractivity contribution is 6.00. The monoisotopic (exact) mass is 436 g/mol. The van der Waals surface area contributed by atoms with E-state index in [1.165, 1.54) is 12.5 Å². The fraction of sp³-hybridized carbons (Fsp3) is 0.273. The van der Waals surface area contributed by atoms with Gasteiger partial charge in [0.05, 0.1) is 29.9 Å². The molecule has 1 aliphatic heterocycles. The Morgan fingerprint density at radius 2 is 2.12 bits per heavy atom. The predicted octanol–water partition coefficient (Wildman–Crippen LogP) is 2.91. The van der Waals surface area contributed by atoms with E-state index in [0.717, 1.165) is 24.6 Å². The Bertz CT molecular complexity index is 1230. The lowest BCUT2D eigenvalue weighted by molar-refractivity contribution is 0.352. The summed E-state index contributed by atoms with van der Waals surface area (Å²) in [7, 11) is 0. The van der Waals surface area contributed by atoms with Gasteiger partial charge in [0.15, 0.2) is 0 Å². The topological polar surface area (TPSA) is 94.6 Å². The van der Waals surface area contributed by atoms with Crippen LogP contribution in [-0.2, 0) is 6.54 Å². The van der Waals surface area contributed by atoms with Crippen LogP contribution in [0.3, 0.4) is 0 Å². The Morgan fingerprint density at radius 1 is 1.19 bits per heavy atom. The van der Waals surface area contributed by atoms with E-state index in [1.807, 2.05) is 18.2 Å². The molecule has 0 radical (unpaired) electrons. The van der Waals surface area contributed by atoms with Crippen molar-refractivity contribution < 1.29 is 8.78 Å². The second-order valence-electron chi connectivity index (χ2n) is 7.60. The molecule has 0 aromatic carbocycles. The van der Waals surface area contributed by atoms with E-state index in [2.05, 4.69) is 35.5 Å². The Morgan fingerprint density at radius 3 is 3.00 bits per heavy atom. The quantitative estimate of drug-likeness (QED) is 0.428. The molecule has 1 saturated heterocycles. The second-order valence-corrected chi connectivity index (χ2v) is 7.60. The molecule has 5 rings (SSSR count). The highest BCUT2D eigenvalue weighted by atomic mass is 19.1. The Labute approximate surface area is 183 Å². The number of hydrogen-bond acceptors (Lipinski definition) is 7. The molecular formula is C22H22F2N8. The maximum Gasteiger partial charge on any atom is 0.149 e. The van der Waals surface area contributed by atoms with Gasteiger partial charge in [0.25, 0.3) is 0 Å². The van der Waals surface area contributed by atoms with E-state index < -0.39 is 12.5 Å². The molecule has 32 heavy (non-hydrogen) atoms. The van der Waals surface area contributed by atoms with Crippen LogP contribution in [0.2, 0.25) is 0 Å². The molecule has 10 heteroatoms. The standard InChI is InChI=1S/C22H22F2N8/c23-8-15-12-32(7-6-26-15)19-3-1-2-14(31-19)9-27-21-20-17(10-28-22(20)30-13-29-21)16-4-5-25-11-18(16)24/h1-5,10-11,13,15,26H,6-9,12H2,(H2,27,28,29,30)/t15-/m1/s1. The molecule has 0 saturated carbocycles. The number of aromatic amines is 1. The van der Waals surface area contributed by atoms with Gasteiger partial charge >= 0.3 is 0 Å². The van der Waals surface area contributed by atoms with Gasteiger partial charge in [0.1, 0.15) is 36.1 Å². The van der Waals surface area contributed by atoms with Crippen LogP contribution in [0.5, 0.6) is 0 Å². The van der Waals surface area contributed by atoms with Gasteiger partial charge in [-0.3, -0.25) is 4.98 Å². The average molecular weight is 436 g/mol. The summed E-state index contributed by atoms with van der Waals surface area (Å²) >= 11 is 0. The molecular weight excluding hydrogens is 414 g/mol. The molecule has 1 atom stereocenters. The minimum atomic E-state index is -0.417. The van der Waals surface area contributed by atoms with Crippen molar-refractivity contribution in [3.63, 3.8) is 0 Å². The molecule has 0 amide bonds. The van der Waals surface area contributed by atoms with Crippen molar-refractivity contribution in [2.75, 3.05) is 36.5 Å². The van der Waals surface area contributed by atoms with Crippen LogP contribution < -0.4 is 15.5 Å². The number of rotatable bonds is 6. The lowest BCUT2D eigenvalue weighted by atomic mass is 10.1. The molecule has 1 fully saturated rings. The fourth-order valence-electron chi connectivity index (χ4n) is 3.96. The number of H-pyrrole nitrogens is 1. The van der Waals surface area contributed by atoms with Gasteiger partial charge in [-0.15, -0.1) is 0 Å². The summed E-state index contributed by atoms with van der Waals surface area (Å²) in [5.41, 5.74) is 2.50. The number of nitrogens with zero attached hydrogens (tertiary/aromatic N) is 5. The number of halogens is 2. The van der Waals surface area contributed by atoms with Crippen LogP contribution in [0.25, 0.3) is 22.2 Å². The molecule has 1 aliphatic rings. The maximum absolute atomic E-state index is 14.4. The second kappa shape index (κ2) is 8.83. The van der Waals surface area contributed by atoms with Crippen molar-refractivity contribution >= 4 is 22.7 Å². The first-order valence-corrected chi connectivity index (χ1v) is 10.4. The largest absolute Gasteiger partial charge is 0.364 e. The zero-order valence-electron chi connectivity index (χ0n) is 17.2. The summed E-state index contributed by atoms with van der Waals surface area (Å²) in [5, 5.41) is 7.17. The summed E-state index contributed by atoms with van der Waals surface area (Å²) in [6.45, 7) is 2.09. The summed E-state index contributed by atoms with van der Waals surface area (Å²) < 4.78 is 27.4. The van der Waals surface area contributed by atoms with Crippen LogP contribution in [0, 0.1) is 5.82 Å². The third-order valence-electron chi connectivity index (χ3n) is 5.53. The van der Waals surface area contributed by atoms with E-state index in [4.69, 9.17) is 4.98 Å². The van der Waals surface area contributed by atoms with Crippen LogP contribution in [0.4, 0.5) is 20.4 Å². The van der Waals surface area contributed by atoms with Crippen molar-refractivity contribution in [1.82, 2.24) is 30.2 Å². The van der Waals surface area contributed by atoms with Gasteiger partial charge in [-0.2, -0.15) is 0 Å². The maximum atomic E-state index is 14.4. The number of aromatic nitrogens is 5. The Balaban J connectivity index is 1.39. The van der Waals surface area contributed by atoms with Gasteiger partial charge in [-0.25, -0.2) is 23.7 Å². The molecule has 4 aromatic rings. The highest BCUT2D eigenvalue weighted by Crippen LogP contribution is 2.33. The highest BCUT2D eigenvalue weighted by Gasteiger charge is 2.20. The van der Waals surface area contributed by atoms with Crippen molar-refractivity contribution in [1.29, 1.82) is 0 Å². The molecule has 0 spiro atoms. The number of piperazine rings is 1. The first-order valence-electron chi connectivity index (χ1n) is 10.4. The first-order chi connectivity index (χ1) is 15.7. The number of alkyl halides is 1. The van der Waals surface area contributed by atoms with E-state index in [0.29, 0.717) is 41.1 Å². The lowest BCUT2D eigenvalue weighted by Crippen LogP contribution is -2.52. The van der Waals surface area contributed by atoms with Gasteiger partial charge in [-0.1, -0.05) is 6.07 Å². The van der Waals surface area contributed by atoms with Crippen molar-refractivity contribution in [2.24, 2.45) is 0 Å². The van der Waals surface area contributed by atoms with E-state index in [-0.39, 0.29) is 6.04 Å². The van der Waals surface area contributed by atoms with Crippen molar-refractivity contribution in [2.45, 2.75) is 12.6 Å². The van der Waals surface area contributed by atoms with Gasteiger partial charge in [-0.05, 0) is 18.2 Å². The summed E-state index contributed by atoms with van der Waals surface area (Å²) in [5.74, 6) is 0.979. The molecule has 8 nitrogen and oxygen atoms in total. The van der Waals surface area contributed by atoms with Gasteiger partial charge < -0.3 is 20.5 Å². The molecule has 0 bridgehead atoms. The number of hydrogen-bond donors (Lipinski definition) is 3. The molecule has 5 heterocycles. The van der Waals surface area contributed by atoms with Crippen LogP contribution in [-0.4, -0.2) is 57.3 Å². The number of nitrogens with one attached hydrogen (secondary N) is 3. The third kappa shape index (κ3) is 3.96. The zero-order chi connectivity index (χ0) is 21.9. The first kappa shape index (κ1) is 20.3. The van der Waals surface area contributed by atoms with E-state index in [1.54, 1.807) is 18.5 Å².